The van der Waals surface area contributed by atoms with Crippen molar-refractivity contribution < 1.29 is 0 Å². The lowest BCUT2D eigenvalue weighted by Gasteiger charge is -2.11. The van der Waals surface area contributed by atoms with Gasteiger partial charge in [-0.25, -0.2) is 4.68 Å². The van der Waals surface area contributed by atoms with Crippen LogP contribution in [0, 0.1) is 0 Å². The van der Waals surface area contributed by atoms with Crippen molar-refractivity contribution >= 4 is 11.9 Å². The van der Waals surface area contributed by atoms with Crippen LogP contribution < -0.4 is 5.32 Å². The molecular weight excluding hydrogens is 258 g/mol. The summed E-state index contributed by atoms with van der Waals surface area (Å²) in [5.74, 6) is 0. The highest BCUT2D eigenvalue weighted by molar-refractivity contribution is 5.77. The molecule has 0 atom stereocenters. The van der Waals surface area contributed by atoms with Crippen LogP contribution in [-0.2, 0) is 6.54 Å². The van der Waals surface area contributed by atoms with Crippen molar-refractivity contribution in [1.82, 2.24) is 9.78 Å². The number of hydrogen-bond donors (Lipinski definition) is 1. The number of hydrogen-bond acceptors (Lipinski definition) is 2. The Labute approximate surface area is 124 Å². The predicted octanol–water partition coefficient (Wildman–Crippen LogP) is 4.26. The van der Waals surface area contributed by atoms with E-state index in [0.717, 1.165) is 17.8 Å². The predicted molar refractivity (Wildman–Crippen MR) is 87.8 cm³/mol. The zero-order valence-corrected chi connectivity index (χ0v) is 11.7. The van der Waals surface area contributed by atoms with E-state index in [9.17, 15) is 0 Å². The molecule has 0 fully saturated rings. The van der Waals surface area contributed by atoms with E-state index in [1.54, 1.807) is 10.9 Å². The van der Waals surface area contributed by atoms with Crippen molar-refractivity contribution in [2.75, 3.05) is 5.32 Å². The number of anilines is 1. The van der Waals surface area contributed by atoms with Crippen LogP contribution >= 0.6 is 0 Å². The third-order valence-electron chi connectivity index (χ3n) is 3.34. The first-order valence-electron chi connectivity index (χ1n) is 6.91. The maximum absolute atomic E-state index is 4.19. The maximum Gasteiger partial charge on any atom is 0.0543 e. The molecule has 1 aromatic heterocycles. The normalized spacial score (nSPS) is 10.3. The van der Waals surface area contributed by atoms with Crippen molar-refractivity contribution in [3.63, 3.8) is 0 Å². The molecule has 0 radical (unpaired) electrons. The summed E-state index contributed by atoms with van der Waals surface area (Å²) in [5.41, 5.74) is 4.66. The fourth-order valence-corrected chi connectivity index (χ4v) is 2.27. The van der Waals surface area contributed by atoms with Gasteiger partial charge < -0.3 is 5.32 Å². The second-order valence-corrected chi connectivity index (χ2v) is 4.78. The Kier molecular flexibility index (Phi) is 3.83. The summed E-state index contributed by atoms with van der Waals surface area (Å²) in [4.78, 5) is 0. The van der Waals surface area contributed by atoms with E-state index in [0.29, 0.717) is 0 Å². The van der Waals surface area contributed by atoms with Crippen LogP contribution in [0.4, 0.5) is 5.69 Å². The standard InChI is InChI=1S/C18H17N3/c1-2-21-14-15(13-20-21)12-19-18-11-7-6-10-17(18)16-8-4-3-5-9-16/h2-11,13-14,19H,1,12H2. The van der Waals surface area contributed by atoms with Crippen molar-refractivity contribution in [2.24, 2.45) is 0 Å². The highest BCUT2D eigenvalue weighted by Gasteiger charge is 2.04. The van der Waals surface area contributed by atoms with Crippen molar-refractivity contribution in [2.45, 2.75) is 6.54 Å². The fourth-order valence-electron chi connectivity index (χ4n) is 2.27. The Bertz CT molecular complexity index is 729. The van der Waals surface area contributed by atoms with Gasteiger partial charge in [0.2, 0.25) is 0 Å². The van der Waals surface area contributed by atoms with Gasteiger partial charge in [-0.15, -0.1) is 0 Å². The highest BCUT2D eigenvalue weighted by atomic mass is 15.2. The van der Waals surface area contributed by atoms with Gasteiger partial charge in [0, 0.05) is 35.8 Å². The molecule has 0 spiro atoms. The maximum atomic E-state index is 4.19. The van der Waals surface area contributed by atoms with E-state index in [2.05, 4.69) is 59.5 Å². The topological polar surface area (TPSA) is 29.9 Å². The first-order chi connectivity index (χ1) is 10.4. The molecule has 3 aromatic rings. The van der Waals surface area contributed by atoms with Gasteiger partial charge in [0.15, 0.2) is 0 Å². The van der Waals surface area contributed by atoms with E-state index < -0.39 is 0 Å². The molecule has 0 aliphatic carbocycles. The Morgan fingerprint density at radius 1 is 1.05 bits per heavy atom. The molecule has 0 unspecified atom stereocenters. The summed E-state index contributed by atoms with van der Waals surface area (Å²) in [7, 11) is 0. The van der Waals surface area contributed by atoms with E-state index in [1.807, 2.05) is 24.5 Å². The molecular formula is C18H17N3. The van der Waals surface area contributed by atoms with Crippen LogP contribution in [0.5, 0.6) is 0 Å². The van der Waals surface area contributed by atoms with Gasteiger partial charge in [-0.1, -0.05) is 55.1 Å². The molecule has 3 rings (SSSR count). The molecule has 21 heavy (non-hydrogen) atoms. The average molecular weight is 275 g/mol. The van der Waals surface area contributed by atoms with Crippen LogP contribution in [-0.4, -0.2) is 9.78 Å². The van der Waals surface area contributed by atoms with Crippen LogP contribution in [0.2, 0.25) is 0 Å². The minimum Gasteiger partial charge on any atom is -0.380 e. The molecule has 3 nitrogen and oxygen atoms in total. The quantitative estimate of drug-likeness (QED) is 0.754. The van der Waals surface area contributed by atoms with Gasteiger partial charge in [-0.05, 0) is 11.6 Å². The summed E-state index contributed by atoms with van der Waals surface area (Å²) in [5, 5.41) is 7.66. The van der Waals surface area contributed by atoms with E-state index in [4.69, 9.17) is 0 Å². The fraction of sp³-hybridized carbons (Fsp3) is 0.0556. The second-order valence-electron chi connectivity index (χ2n) is 4.78. The van der Waals surface area contributed by atoms with Crippen LogP contribution in [0.15, 0.2) is 73.6 Å². The van der Waals surface area contributed by atoms with E-state index >= 15 is 0 Å². The second kappa shape index (κ2) is 6.09. The van der Waals surface area contributed by atoms with Gasteiger partial charge in [-0.2, -0.15) is 5.10 Å². The molecule has 1 N–H and O–H groups in total. The molecule has 0 aliphatic rings. The average Bonchev–Trinajstić information content (AvgIpc) is 3.02. The summed E-state index contributed by atoms with van der Waals surface area (Å²) in [6.45, 7) is 4.43. The number of nitrogens with zero attached hydrogens (tertiary/aromatic N) is 2. The molecule has 1 heterocycles. The SMILES string of the molecule is C=Cn1cc(CNc2ccccc2-c2ccccc2)cn1. The Morgan fingerprint density at radius 3 is 2.57 bits per heavy atom. The Balaban J connectivity index is 1.81. The van der Waals surface area contributed by atoms with Crippen LogP contribution in [0.25, 0.3) is 17.3 Å². The monoisotopic (exact) mass is 275 g/mol. The molecule has 3 heteroatoms. The molecule has 0 saturated carbocycles. The Morgan fingerprint density at radius 2 is 1.81 bits per heavy atom. The number of benzene rings is 2. The third-order valence-corrected chi connectivity index (χ3v) is 3.34. The van der Waals surface area contributed by atoms with Gasteiger partial charge in [-0.3, -0.25) is 0 Å². The summed E-state index contributed by atoms with van der Waals surface area (Å²) in [6, 6.07) is 18.7. The van der Waals surface area contributed by atoms with Gasteiger partial charge in [0.05, 0.1) is 6.20 Å². The molecule has 2 aromatic carbocycles. The van der Waals surface area contributed by atoms with Crippen molar-refractivity contribution in [3.05, 3.63) is 79.1 Å². The van der Waals surface area contributed by atoms with Crippen LogP contribution in [0.1, 0.15) is 5.56 Å². The van der Waals surface area contributed by atoms with Gasteiger partial charge in [0.25, 0.3) is 0 Å². The molecule has 0 amide bonds. The summed E-state index contributed by atoms with van der Waals surface area (Å²) in [6.07, 6.45) is 5.49. The third kappa shape index (κ3) is 3.03. The lowest BCUT2D eigenvalue weighted by Crippen LogP contribution is -2.00. The first-order valence-corrected chi connectivity index (χ1v) is 6.91. The minimum absolute atomic E-state index is 0.734. The smallest absolute Gasteiger partial charge is 0.0543 e. The van der Waals surface area contributed by atoms with Crippen molar-refractivity contribution in [1.29, 1.82) is 0 Å². The molecule has 0 bridgehead atoms. The number of aromatic nitrogens is 2. The highest BCUT2D eigenvalue weighted by Crippen LogP contribution is 2.27. The van der Waals surface area contributed by atoms with Crippen LogP contribution in [0.3, 0.4) is 0 Å². The molecule has 0 saturated heterocycles. The number of rotatable bonds is 5. The summed E-state index contributed by atoms with van der Waals surface area (Å²) >= 11 is 0. The van der Waals surface area contributed by atoms with Gasteiger partial charge in [0.1, 0.15) is 0 Å². The van der Waals surface area contributed by atoms with Crippen molar-refractivity contribution in [3.8, 4) is 11.1 Å². The number of para-hydroxylation sites is 1. The van der Waals surface area contributed by atoms with Gasteiger partial charge >= 0.3 is 0 Å². The zero-order valence-electron chi connectivity index (χ0n) is 11.7. The first kappa shape index (κ1) is 13.2. The lowest BCUT2D eigenvalue weighted by molar-refractivity contribution is 0.936. The zero-order chi connectivity index (χ0) is 14.5. The Hall–Kier alpha value is -2.81. The molecule has 0 aliphatic heterocycles. The lowest BCUT2D eigenvalue weighted by atomic mass is 10.0. The number of nitrogens with one attached hydrogen (secondary N) is 1. The molecule has 104 valence electrons. The van der Waals surface area contributed by atoms with E-state index in [1.165, 1.54) is 11.1 Å². The summed E-state index contributed by atoms with van der Waals surface area (Å²) < 4.78 is 1.71. The minimum atomic E-state index is 0.734. The van der Waals surface area contributed by atoms with E-state index in [-0.39, 0.29) is 0 Å². The largest absolute Gasteiger partial charge is 0.380 e.